The highest BCUT2D eigenvalue weighted by Gasteiger charge is 2.49. The van der Waals surface area contributed by atoms with E-state index in [2.05, 4.69) is 29.0 Å². The average Bonchev–Trinajstić information content (AvgIpc) is 3.24. The minimum Gasteiger partial charge on any atom is -0.459 e. The molecule has 1 unspecified atom stereocenters. The van der Waals surface area contributed by atoms with Crippen LogP contribution in [0.25, 0.3) is 0 Å². The number of urea groups is 1. The zero-order valence-corrected chi connectivity index (χ0v) is 16.6. The van der Waals surface area contributed by atoms with Crippen molar-refractivity contribution in [1.29, 1.82) is 0 Å². The quantitative estimate of drug-likeness (QED) is 0.749. The summed E-state index contributed by atoms with van der Waals surface area (Å²) in [6.07, 6.45) is 1.54. The first-order valence-electron chi connectivity index (χ1n) is 8.78. The Balaban J connectivity index is 1.76. The predicted molar refractivity (Wildman–Crippen MR) is 108 cm³/mol. The highest BCUT2D eigenvalue weighted by molar-refractivity contribution is 8.13. The summed E-state index contributed by atoms with van der Waals surface area (Å²) in [4.78, 5) is 35.5. The number of nitrogens with zero attached hydrogens (tertiary/aromatic N) is 4. The molecule has 0 fully saturated rings. The second kappa shape index (κ2) is 7.20. The van der Waals surface area contributed by atoms with Gasteiger partial charge in [0, 0.05) is 5.75 Å². The van der Waals surface area contributed by atoms with E-state index in [1.807, 2.05) is 12.1 Å². The average molecular weight is 395 g/mol. The zero-order valence-electron chi connectivity index (χ0n) is 15.7. The van der Waals surface area contributed by atoms with Crippen LogP contribution < -0.4 is 0 Å². The van der Waals surface area contributed by atoms with Crippen molar-refractivity contribution in [2.24, 2.45) is 15.9 Å². The van der Waals surface area contributed by atoms with Crippen molar-refractivity contribution >= 4 is 40.4 Å². The second-order valence-corrected chi connectivity index (χ2v) is 7.60. The third kappa shape index (κ3) is 3.09. The third-order valence-electron chi connectivity index (χ3n) is 4.82. The molecule has 1 aromatic heterocycles. The number of carbonyl (C=O) groups is 2. The summed E-state index contributed by atoms with van der Waals surface area (Å²) in [5.41, 5.74) is 2.34. The SMILES string of the molecule is Cc1ccccc1CSC1=NC(c2ccco2)=NC2=[N+](C)C(=O)N(C)C(=O)C12. The summed E-state index contributed by atoms with van der Waals surface area (Å²) < 4.78 is 6.83. The van der Waals surface area contributed by atoms with Crippen molar-refractivity contribution in [2.75, 3.05) is 14.1 Å². The maximum absolute atomic E-state index is 12.9. The van der Waals surface area contributed by atoms with Crippen LogP contribution in [0.1, 0.15) is 16.9 Å². The normalized spacial score (nSPS) is 19.5. The molecule has 142 valence electrons. The molecular weight excluding hydrogens is 376 g/mol. The first kappa shape index (κ1) is 18.4. The number of hydrogen-bond acceptors (Lipinski definition) is 6. The molecule has 2 aliphatic heterocycles. The van der Waals surface area contributed by atoms with Crippen LogP contribution in [-0.4, -0.2) is 52.2 Å². The highest BCUT2D eigenvalue weighted by Crippen LogP contribution is 2.29. The Morgan fingerprint density at radius 3 is 2.68 bits per heavy atom. The van der Waals surface area contributed by atoms with Gasteiger partial charge in [0.25, 0.3) is 11.7 Å². The van der Waals surface area contributed by atoms with Gasteiger partial charge in [0.15, 0.2) is 11.7 Å². The van der Waals surface area contributed by atoms with Gasteiger partial charge in [-0.1, -0.05) is 29.3 Å². The van der Waals surface area contributed by atoms with Gasteiger partial charge in [-0.3, -0.25) is 4.79 Å². The smallest absolute Gasteiger partial charge is 0.445 e. The van der Waals surface area contributed by atoms with Gasteiger partial charge in [-0.15, -0.1) is 11.8 Å². The Morgan fingerprint density at radius 2 is 1.96 bits per heavy atom. The molecule has 0 N–H and O–H groups in total. The Hall–Kier alpha value is -3.00. The maximum Gasteiger partial charge on any atom is 0.445 e. The molecule has 28 heavy (non-hydrogen) atoms. The number of amidine groups is 2. The first-order chi connectivity index (χ1) is 13.5. The van der Waals surface area contributed by atoms with Crippen LogP contribution in [0, 0.1) is 12.8 Å². The van der Waals surface area contributed by atoms with Crippen molar-refractivity contribution in [3.05, 3.63) is 59.5 Å². The van der Waals surface area contributed by atoms with Crippen LogP contribution in [0.4, 0.5) is 4.79 Å². The van der Waals surface area contributed by atoms with E-state index in [4.69, 9.17) is 4.42 Å². The van der Waals surface area contributed by atoms with Gasteiger partial charge in [0.05, 0.1) is 20.4 Å². The monoisotopic (exact) mass is 395 g/mol. The number of fused-ring (bicyclic) bond motifs is 1. The van der Waals surface area contributed by atoms with Crippen LogP contribution in [0.5, 0.6) is 0 Å². The summed E-state index contributed by atoms with van der Waals surface area (Å²) in [6.45, 7) is 2.05. The third-order valence-corrected chi connectivity index (χ3v) is 5.89. The van der Waals surface area contributed by atoms with Crippen LogP contribution in [0.2, 0.25) is 0 Å². The summed E-state index contributed by atoms with van der Waals surface area (Å²) >= 11 is 1.48. The summed E-state index contributed by atoms with van der Waals surface area (Å²) in [5, 5.41) is 0.607. The first-order valence-corrected chi connectivity index (χ1v) is 9.76. The molecule has 1 atom stereocenters. The molecule has 8 heteroatoms. The number of thioether (sulfide) groups is 1. The molecule has 0 radical (unpaired) electrons. The maximum atomic E-state index is 12.9. The van der Waals surface area contributed by atoms with E-state index >= 15 is 0 Å². The van der Waals surface area contributed by atoms with Crippen LogP contribution in [0.3, 0.4) is 0 Å². The summed E-state index contributed by atoms with van der Waals surface area (Å²) in [5.74, 6) is 0.876. The topological polar surface area (TPSA) is 78.2 Å². The highest BCUT2D eigenvalue weighted by atomic mass is 32.2. The zero-order chi connectivity index (χ0) is 19.8. The molecule has 0 aliphatic carbocycles. The van der Waals surface area contributed by atoms with Gasteiger partial charge in [-0.25, -0.2) is 9.79 Å². The molecule has 0 spiro atoms. The van der Waals surface area contributed by atoms with E-state index < -0.39 is 11.9 Å². The van der Waals surface area contributed by atoms with Crippen molar-refractivity contribution in [3.63, 3.8) is 0 Å². The number of furan rings is 1. The van der Waals surface area contributed by atoms with Crippen LogP contribution in [0.15, 0.2) is 57.1 Å². The van der Waals surface area contributed by atoms with E-state index in [0.717, 1.165) is 4.90 Å². The number of rotatable bonds is 3. The molecule has 0 bridgehead atoms. The Bertz CT molecular complexity index is 1050. The van der Waals surface area contributed by atoms with Crippen molar-refractivity contribution in [3.8, 4) is 0 Å². The lowest BCUT2D eigenvalue weighted by Crippen LogP contribution is -2.54. The van der Waals surface area contributed by atoms with E-state index in [0.29, 0.717) is 28.2 Å². The lowest BCUT2D eigenvalue weighted by molar-refractivity contribution is -0.407. The largest absolute Gasteiger partial charge is 0.459 e. The Morgan fingerprint density at radius 1 is 1.18 bits per heavy atom. The Labute approximate surface area is 166 Å². The molecule has 0 saturated heterocycles. The fraction of sp³-hybridized carbons (Fsp3) is 0.250. The lowest BCUT2D eigenvalue weighted by atomic mass is 10.0. The van der Waals surface area contributed by atoms with Gasteiger partial charge in [0.2, 0.25) is 0 Å². The lowest BCUT2D eigenvalue weighted by Gasteiger charge is -2.26. The number of carbonyl (C=O) groups excluding carboxylic acids is 2. The van der Waals surface area contributed by atoms with Crippen molar-refractivity contribution in [1.82, 2.24) is 4.90 Å². The fourth-order valence-corrected chi connectivity index (χ4v) is 4.28. The molecule has 2 aromatic rings. The van der Waals surface area contributed by atoms with Gasteiger partial charge >= 0.3 is 11.9 Å². The van der Waals surface area contributed by atoms with Gasteiger partial charge in [-0.05, 0) is 30.2 Å². The van der Waals surface area contributed by atoms with Crippen LogP contribution in [-0.2, 0) is 10.5 Å². The van der Waals surface area contributed by atoms with Crippen molar-refractivity contribution < 1.29 is 18.6 Å². The Kier molecular flexibility index (Phi) is 4.72. The van der Waals surface area contributed by atoms with E-state index in [1.54, 1.807) is 25.4 Å². The van der Waals surface area contributed by atoms with Crippen LogP contribution >= 0.6 is 11.8 Å². The summed E-state index contributed by atoms with van der Waals surface area (Å²) in [6, 6.07) is 11.2. The molecule has 0 saturated carbocycles. The number of aliphatic imine (C=N–C) groups is 2. The minimum absolute atomic E-state index is 0.323. The van der Waals surface area contributed by atoms with Gasteiger partial charge in [-0.2, -0.15) is 9.48 Å². The number of hydrogen-bond donors (Lipinski definition) is 0. The molecule has 1 aromatic carbocycles. The number of amides is 3. The standard InChI is InChI=1S/C20H19N4O3S/c1-12-7-4-5-8-13(12)11-28-18-15-17(23(2)20(26)24(3)19(15)25)21-16(22-18)14-9-6-10-27-14/h4-10,15H,11H2,1-3H3/q+1. The van der Waals surface area contributed by atoms with Crippen molar-refractivity contribution in [2.45, 2.75) is 12.7 Å². The van der Waals surface area contributed by atoms with E-state index in [1.165, 1.54) is 34.5 Å². The summed E-state index contributed by atoms with van der Waals surface area (Å²) in [7, 11) is 3.10. The molecule has 4 rings (SSSR count). The second-order valence-electron chi connectivity index (χ2n) is 6.61. The van der Waals surface area contributed by atoms with E-state index in [-0.39, 0.29) is 5.91 Å². The number of imide groups is 1. The van der Waals surface area contributed by atoms with E-state index in [9.17, 15) is 9.59 Å². The predicted octanol–water partition coefficient (Wildman–Crippen LogP) is 2.93. The molecule has 2 aliphatic rings. The number of benzene rings is 1. The van der Waals surface area contributed by atoms with Gasteiger partial charge < -0.3 is 4.42 Å². The molecular formula is C20H19N4O3S+. The molecule has 7 nitrogen and oxygen atoms in total. The molecule has 3 amide bonds. The van der Waals surface area contributed by atoms with Gasteiger partial charge in [0.1, 0.15) is 5.04 Å². The fourth-order valence-electron chi connectivity index (χ4n) is 3.13. The molecule has 3 heterocycles. The minimum atomic E-state index is -0.694. The number of aryl methyl sites for hydroxylation is 1.